The summed E-state index contributed by atoms with van der Waals surface area (Å²) >= 11 is 0. The maximum Gasteiger partial charge on any atom is 0.259 e. The van der Waals surface area contributed by atoms with Crippen LogP contribution in [0, 0.1) is 12.8 Å². The minimum Gasteiger partial charge on any atom is -0.385 e. The number of unbranched alkanes of at least 4 members (excludes halogenated alkanes) is 1. The number of fused-ring (bicyclic) bond motifs is 3. The molecule has 0 bridgehead atoms. The number of amides is 1. The molecule has 182 valence electrons. The molecule has 0 unspecified atom stereocenters. The van der Waals surface area contributed by atoms with Gasteiger partial charge in [0.15, 0.2) is 0 Å². The Morgan fingerprint density at radius 2 is 2.03 bits per heavy atom. The molecule has 1 saturated heterocycles. The van der Waals surface area contributed by atoms with Gasteiger partial charge in [0, 0.05) is 56.9 Å². The number of nitrogens with zero attached hydrogens (tertiary/aromatic N) is 4. The molecule has 1 saturated carbocycles. The van der Waals surface area contributed by atoms with Gasteiger partial charge in [-0.2, -0.15) is 5.10 Å². The highest BCUT2D eigenvalue weighted by molar-refractivity contribution is 6.07. The first-order chi connectivity index (χ1) is 16.5. The maximum absolute atomic E-state index is 13.6. The number of carbonyl (C=O) groups is 1. The number of benzene rings is 1. The largest absolute Gasteiger partial charge is 0.385 e. The van der Waals surface area contributed by atoms with Crippen LogP contribution in [0.2, 0.25) is 0 Å². The van der Waals surface area contributed by atoms with Crippen LogP contribution >= 0.6 is 0 Å². The summed E-state index contributed by atoms with van der Waals surface area (Å²) in [6.07, 6.45) is 6.25. The fraction of sp³-hybridized carbons (Fsp3) is 0.577. The highest BCUT2D eigenvalue weighted by atomic mass is 16.5. The standard InChI is InChI=1S/C26H35N5O3/c1-17-12-23-21(24-22(25(32)28-23)14-27-31(24)16-19-6-7-19)13-20(17)26(33)30-10-9-29(18(2)15-30)8-4-5-11-34-3/h12-14,18-19H,4-11,15-16H2,1-3H3,(H,28,32)/t18-/m1/s1. The Morgan fingerprint density at radius 3 is 2.76 bits per heavy atom. The van der Waals surface area contributed by atoms with Gasteiger partial charge in [-0.05, 0) is 69.7 Å². The Labute approximate surface area is 199 Å². The van der Waals surface area contributed by atoms with Crippen LogP contribution in [-0.4, -0.2) is 76.4 Å². The zero-order valence-corrected chi connectivity index (χ0v) is 20.5. The van der Waals surface area contributed by atoms with E-state index in [4.69, 9.17) is 4.74 Å². The van der Waals surface area contributed by atoms with Gasteiger partial charge in [-0.1, -0.05) is 0 Å². The number of rotatable bonds is 8. The molecule has 1 atom stereocenters. The fourth-order valence-electron chi connectivity index (χ4n) is 5.19. The van der Waals surface area contributed by atoms with E-state index in [2.05, 4.69) is 21.9 Å². The fourth-order valence-corrected chi connectivity index (χ4v) is 5.19. The smallest absolute Gasteiger partial charge is 0.259 e. The Hall–Kier alpha value is -2.71. The van der Waals surface area contributed by atoms with E-state index in [0.717, 1.165) is 74.2 Å². The van der Waals surface area contributed by atoms with Crippen molar-refractivity contribution in [3.63, 3.8) is 0 Å². The number of aromatic amines is 1. The van der Waals surface area contributed by atoms with Crippen molar-refractivity contribution in [2.45, 2.75) is 52.1 Å². The highest BCUT2D eigenvalue weighted by Crippen LogP contribution is 2.33. The quantitative estimate of drug-likeness (QED) is 0.517. The molecule has 1 N–H and O–H groups in total. The third-order valence-corrected chi connectivity index (χ3v) is 7.41. The Kier molecular flexibility index (Phi) is 6.44. The van der Waals surface area contributed by atoms with Crippen LogP contribution < -0.4 is 5.56 Å². The summed E-state index contributed by atoms with van der Waals surface area (Å²) in [5.74, 6) is 0.703. The van der Waals surface area contributed by atoms with Gasteiger partial charge in [0.25, 0.3) is 11.5 Å². The van der Waals surface area contributed by atoms with Crippen LogP contribution in [0.5, 0.6) is 0 Å². The first-order valence-electron chi connectivity index (χ1n) is 12.5. The van der Waals surface area contributed by atoms with Gasteiger partial charge in [0.05, 0.1) is 22.6 Å². The van der Waals surface area contributed by atoms with Crippen LogP contribution in [-0.2, 0) is 11.3 Å². The van der Waals surface area contributed by atoms with Gasteiger partial charge in [-0.25, -0.2) is 0 Å². The zero-order valence-electron chi connectivity index (χ0n) is 20.5. The van der Waals surface area contributed by atoms with E-state index in [1.165, 1.54) is 12.8 Å². The summed E-state index contributed by atoms with van der Waals surface area (Å²) in [6.45, 7) is 9.15. The van der Waals surface area contributed by atoms with Crippen molar-refractivity contribution in [1.29, 1.82) is 0 Å². The second kappa shape index (κ2) is 9.50. The molecule has 8 nitrogen and oxygen atoms in total. The molecule has 1 aliphatic carbocycles. The van der Waals surface area contributed by atoms with Crippen molar-refractivity contribution < 1.29 is 9.53 Å². The van der Waals surface area contributed by atoms with Crippen LogP contribution in [0.15, 0.2) is 23.1 Å². The number of H-pyrrole nitrogens is 1. The van der Waals surface area contributed by atoms with Crippen LogP contribution in [0.4, 0.5) is 0 Å². The van der Waals surface area contributed by atoms with Crippen molar-refractivity contribution in [1.82, 2.24) is 24.6 Å². The molecular weight excluding hydrogens is 430 g/mol. The molecule has 1 aliphatic heterocycles. The number of aryl methyl sites for hydroxylation is 1. The predicted octanol–water partition coefficient (Wildman–Crippen LogP) is 3.17. The monoisotopic (exact) mass is 465 g/mol. The molecule has 34 heavy (non-hydrogen) atoms. The second-order valence-electron chi connectivity index (χ2n) is 10.0. The van der Waals surface area contributed by atoms with Crippen molar-refractivity contribution in [3.8, 4) is 0 Å². The van der Waals surface area contributed by atoms with Gasteiger partial charge < -0.3 is 14.6 Å². The topological polar surface area (TPSA) is 83.5 Å². The van der Waals surface area contributed by atoms with E-state index in [0.29, 0.717) is 22.9 Å². The number of carbonyl (C=O) groups excluding carboxylic acids is 1. The number of hydrogen-bond donors (Lipinski definition) is 1. The summed E-state index contributed by atoms with van der Waals surface area (Å²) in [5, 5.41) is 6.00. The molecule has 2 fully saturated rings. The van der Waals surface area contributed by atoms with E-state index >= 15 is 0 Å². The van der Waals surface area contributed by atoms with Gasteiger partial charge >= 0.3 is 0 Å². The average molecular weight is 466 g/mol. The molecule has 5 rings (SSSR count). The third-order valence-electron chi connectivity index (χ3n) is 7.41. The van der Waals surface area contributed by atoms with E-state index in [-0.39, 0.29) is 11.5 Å². The molecular formula is C26H35N5O3. The van der Waals surface area contributed by atoms with E-state index < -0.39 is 0 Å². The lowest BCUT2D eigenvalue weighted by molar-refractivity contribution is 0.0505. The molecule has 2 aromatic heterocycles. The molecule has 0 spiro atoms. The Balaban J connectivity index is 1.41. The first kappa shape index (κ1) is 23.1. The van der Waals surface area contributed by atoms with Crippen molar-refractivity contribution in [2.75, 3.05) is 39.9 Å². The number of hydrogen-bond acceptors (Lipinski definition) is 5. The number of nitrogens with one attached hydrogen (secondary N) is 1. The lowest BCUT2D eigenvalue weighted by Gasteiger charge is -2.40. The molecule has 1 amide bonds. The van der Waals surface area contributed by atoms with Crippen LogP contribution in [0.1, 0.15) is 48.5 Å². The summed E-state index contributed by atoms with van der Waals surface area (Å²) in [5.41, 5.74) is 3.07. The Bertz CT molecular complexity index is 1260. The number of methoxy groups -OCH3 is 1. The first-order valence-corrected chi connectivity index (χ1v) is 12.5. The summed E-state index contributed by atoms with van der Waals surface area (Å²) in [4.78, 5) is 33.7. The minimum absolute atomic E-state index is 0.0675. The molecule has 1 aromatic carbocycles. The van der Waals surface area contributed by atoms with Crippen molar-refractivity contribution in [2.24, 2.45) is 5.92 Å². The number of piperazine rings is 1. The summed E-state index contributed by atoms with van der Waals surface area (Å²) < 4.78 is 7.12. The van der Waals surface area contributed by atoms with E-state index in [1.54, 1.807) is 13.3 Å². The Morgan fingerprint density at radius 1 is 1.21 bits per heavy atom. The molecule has 3 aromatic rings. The SMILES string of the molecule is COCCCCN1CCN(C(=O)c2cc3c(cc2C)[nH]c(=O)c2cnn(CC4CC4)c23)C[C@H]1C. The van der Waals surface area contributed by atoms with Gasteiger partial charge in [-0.15, -0.1) is 0 Å². The predicted molar refractivity (Wildman–Crippen MR) is 133 cm³/mol. The lowest BCUT2D eigenvalue weighted by atomic mass is 10.0. The van der Waals surface area contributed by atoms with E-state index in [9.17, 15) is 9.59 Å². The number of aromatic nitrogens is 3. The minimum atomic E-state index is -0.126. The number of ether oxygens (including phenoxy) is 1. The lowest BCUT2D eigenvalue weighted by Crippen LogP contribution is -2.53. The second-order valence-corrected chi connectivity index (χ2v) is 10.0. The molecule has 3 heterocycles. The van der Waals surface area contributed by atoms with Crippen LogP contribution in [0.3, 0.4) is 0 Å². The third kappa shape index (κ3) is 4.49. The zero-order chi connectivity index (χ0) is 23.8. The van der Waals surface area contributed by atoms with Gasteiger partial charge in [0.2, 0.25) is 0 Å². The van der Waals surface area contributed by atoms with E-state index in [1.807, 2.05) is 28.6 Å². The average Bonchev–Trinajstić information content (AvgIpc) is 3.53. The maximum atomic E-state index is 13.6. The highest BCUT2D eigenvalue weighted by Gasteiger charge is 2.28. The van der Waals surface area contributed by atoms with Crippen molar-refractivity contribution >= 4 is 27.7 Å². The van der Waals surface area contributed by atoms with Crippen LogP contribution in [0.25, 0.3) is 21.8 Å². The summed E-state index contributed by atoms with van der Waals surface area (Å²) in [6, 6.07) is 4.23. The summed E-state index contributed by atoms with van der Waals surface area (Å²) in [7, 11) is 1.74. The molecule has 2 aliphatic rings. The van der Waals surface area contributed by atoms with Gasteiger partial charge in [-0.3, -0.25) is 19.2 Å². The molecule has 0 radical (unpaired) electrons. The normalized spacial score (nSPS) is 19.4. The number of pyridine rings is 1. The van der Waals surface area contributed by atoms with Crippen molar-refractivity contribution in [3.05, 3.63) is 39.8 Å². The molecule has 8 heteroatoms. The van der Waals surface area contributed by atoms with Gasteiger partial charge in [0.1, 0.15) is 0 Å².